The highest BCUT2D eigenvalue weighted by Crippen LogP contribution is 2.65. The number of carbonyl (C=O) groups is 1. The van der Waals surface area contributed by atoms with Gasteiger partial charge in [0.05, 0.1) is 6.61 Å². The molecule has 0 radical (unpaired) electrons. The van der Waals surface area contributed by atoms with E-state index in [4.69, 9.17) is 9.47 Å². The van der Waals surface area contributed by atoms with Crippen LogP contribution in [-0.2, 0) is 16.0 Å². The van der Waals surface area contributed by atoms with Gasteiger partial charge in [0.2, 0.25) is 0 Å². The van der Waals surface area contributed by atoms with Crippen LogP contribution in [0.3, 0.4) is 0 Å². The lowest BCUT2D eigenvalue weighted by Gasteiger charge is -2.39. The molecule has 0 saturated heterocycles. The van der Waals surface area contributed by atoms with Crippen molar-refractivity contribution in [1.29, 1.82) is 0 Å². The number of Topliss-reactive ketones (excluding diaryl/α,β-unsaturated/α-hetero) is 1. The summed E-state index contributed by atoms with van der Waals surface area (Å²) in [6.45, 7) is 2.43. The fourth-order valence-corrected chi connectivity index (χ4v) is 5.22. The molecule has 1 fully saturated rings. The van der Waals surface area contributed by atoms with Gasteiger partial charge in [-0.1, -0.05) is 58.4 Å². The fourth-order valence-electron chi connectivity index (χ4n) is 4.95. The van der Waals surface area contributed by atoms with E-state index in [1.807, 2.05) is 61.5 Å². The van der Waals surface area contributed by atoms with E-state index in [-0.39, 0.29) is 18.1 Å². The molecule has 3 atom stereocenters. The number of hydrogen-bond acceptors (Lipinski definition) is 4. The molecule has 2 aliphatic rings. The SMILES string of the molecule is CCOc1ccc2c(c1)O[C@]1(c3ccc(Br)cc3)[C@H](c3ccccc3)CC(=O)[C@]21O. The molecule has 0 aromatic heterocycles. The van der Waals surface area contributed by atoms with E-state index in [1.54, 1.807) is 18.2 Å². The highest BCUT2D eigenvalue weighted by molar-refractivity contribution is 9.10. The normalized spacial score (nSPS) is 26.8. The number of rotatable bonds is 4. The Kier molecular flexibility index (Phi) is 4.49. The lowest BCUT2D eigenvalue weighted by Crippen LogP contribution is -2.50. The first-order valence-electron chi connectivity index (χ1n) is 10.0. The zero-order valence-corrected chi connectivity index (χ0v) is 18.1. The monoisotopic (exact) mass is 464 g/mol. The molecule has 0 amide bonds. The molecule has 30 heavy (non-hydrogen) atoms. The molecule has 5 heteroatoms. The highest BCUT2D eigenvalue weighted by atomic mass is 79.9. The number of ketones is 1. The standard InChI is InChI=1S/C25H21BrO4/c1-2-29-19-12-13-20-22(14-19)30-25(17-8-10-18(26)11-9-17)21(15-23(27)24(20,25)28)16-6-4-3-5-7-16/h3-14,21,28H,2,15H2,1H3/t21-,24+,25+/m0/s1. The molecule has 0 bridgehead atoms. The summed E-state index contributed by atoms with van der Waals surface area (Å²) in [6.07, 6.45) is 0.198. The summed E-state index contributed by atoms with van der Waals surface area (Å²) in [5.74, 6) is 0.567. The molecule has 1 aliphatic heterocycles. The molecule has 3 aromatic rings. The Labute approximate surface area is 183 Å². The predicted molar refractivity (Wildman–Crippen MR) is 117 cm³/mol. The molecular weight excluding hydrogens is 444 g/mol. The van der Waals surface area contributed by atoms with Gasteiger partial charge < -0.3 is 14.6 Å². The van der Waals surface area contributed by atoms with E-state index in [0.717, 1.165) is 15.6 Å². The van der Waals surface area contributed by atoms with Gasteiger partial charge in [0.15, 0.2) is 17.0 Å². The maximum atomic E-state index is 13.4. The van der Waals surface area contributed by atoms with E-state index in [2.05, 4.69) is 15.9 Å². The summed E-state index contributed by atoms with van der Waals surface area (Å²) in [5, 5.41) is 12.1. The molecule has 1 N–H and O–H groups in total. The fraction of sp³-hybridized carbons (Fsp3) is 0.240. The molecule has 1 saturated carbocycles. The van der Waals surface area contributed by atoms with Gasteiger partial charge in [0, 0.05) is 28.4 Å². The number of hydrogen-bond donors (Lipinski definition) is 1. The van der Waals surface area contributed by atoms with E-state index in [9.17, 15) is 9.90 Å². The van der Waals surface area contributed by atoms with Crippen LogP contribution in [0, 0.1) is 0 Å². The largest absolute Gasteiger partial charge is 0.494 e. The van der Waals surface area contributed by atoms with Crippen molar-refractivity contribution in [2.45, 2.75) is 30.5 Å². The number of fused-ring (bicyclic) bond motifs is 3. The Bertz CT molecular complexity index is 1110. The molecule has 1 heterocycles. The average molecular weight is 465 g/mol. The van der Waals surface area contributed by atoms with E-state index >= 15 is 0 Å². The van der Waals surface area contributed by atoms with Crippen molar-refractivity contribution in [1.82, 2.24) is 0 Å². The maximum Gasteiger partial charge on any atom is 0.196 e. The predicted octanol–water partition coefficient (Wildman–Crippen LogP) is 5.08. The van der Waals surface area contributed by atoms with Crippen LogP contribution in [-0.4, -0.2) is 17.5 Å². The van der Waals surface area contributed by atoms with Crippen LogP contribution in [0.2, 0.25) is 0 Å². The third kappa shape index (κ3) is 2.52. The van der Waals surface area contributed by atoms with Gasteiger partial charge in [-0.3, -0.25) is 4.79 Å². The number of carbonyl (C=O) groups excluding carboxylic acids is 1. The zero-order valence-electron chi connectivity index (χ0n) is 16.5. The third-order valence-electron chi connectivity index (χ3n) is 6.22. The van der Waals surface area contributed by atoms with Crippen molar-refractivity contribution in [3.05, 3.63) is 94.0 Å². The minimum atomic E-state index is -1.78. The van der Waals surface area contributed by atoms with Gasteiger partial charge in [-0.2, -0.15) is 0 Å². The molecular formula is C25H21BrO4. The molecule has 5 rings (SSSR count). The summed E-state index contributed by atoms with van der Waals surface area (Å²) in [4.78, 5) is 13.4. The van der Waals surface area contributed by atoms with Crippen LogP contribution >= 0.6 is 15.9 Å². The minimum absolute atomic E-state index is 0.198. The van der Waals surface area contributed by atoms with Crippen LogP contribution in [0.25, 0.3) is 0 Å². The number of benzene rings is 3. The van der Waals surface area contributed by atoms with E-state index < -0.39 is 11.2 Å². The average Bonchev–Trinajstić information content (AvgIpc) is 3.15. The first-order chi connectivity index (χ1) is 14.5. The first-order valence-corrected chi connectivity index (χ1v) is 10.8. The topological polar surface area (TPSA) is 55.8 Å². The Morgan fingerprint density at radius 1 is 1.10 bits per heavy atom. The summed E-state index contributed by atoms with van der Waals surface area (Å²) >= 11 is 3.48. The lowest BCUT2D eigenvalue weighted by molar-refractivity contribution is -0.151. The van der Waals surface area contributed by atoms with E-state index in [1.165, 1.54) is 0 Å². The van der Waals surface area contributed by atoms with Crippen LogP contribution in [0.1, 0.15) is 36.0 Å². The van der Waals surface area contributed by atoms with Crippen molar-refractivity contribution in [2.24, 2.45) is 0 Å². The Balaban J connectivity index is 1.77. The van der Waals surface area contributed by atoms with Gasteiger partial charge in [-0.05, 0) is 42.3 Å². The Morgan fingerprint density at radius 2 is 1.83 bits per heavy atom. The molecule has 0 unspecified atom stereocenters. The Hall–Kier alpha value is -2.63. The van der Waals surface area contributed by atoms with Gasteiger partial charge in [-0.15, -0.1) is 0 Å². The van der Waals surface area contributed by atoms with Gasteiger partial charge in [-0.25, -0.2) is 0 Å². The minimum Gasteiger partial charge on any atom is -0.494 e. The summed E-state index contributed by atoms with van der Waals surface area (Å²) in [7, 11) is 0. The number of halogens is 1. The van der Waals surface area contributed by atoms with E-state index in [0.29, 0.717) is 23.7 Å². The van der Waals surface area contributed by atoms with Crippen LogP contribution in [0.5, 0.6) is 11.5 Å². The molecule has 1 aliphatic carbocycles. The van der Waals surface area contributed by atoms with Crippen LogP contribution in [0.4, 0.5) is 0 Å². The highest BCUT2D eigenvalue weighted by Gasteiger charge is 2.73. The zero-order chi connectivity index (χ0) is 20.9. The maximum absolute atomic E-state index is 13.4. The number of aliphatic hydroxyl groups is 1. The quantitative estimate of drug-likeness (QED) is 0.584. The van der Waals surface area contributed by atoms with Crippen LogP contribution in [0.15, 0.2) is 77.3 Å². The van der Waals surface area contributed by atoms with Crippen LogP contribution < -0.4 is 9.47 Å². The molecule has 152 valence electrons. The molecule has 4 nitrogen and oxygen atoms in total. The lowest BCUT2D eigenvalue weighted by atomic mass is 9.71. The second kappa shape index (κ2) is 6.96. The molecule has 3 aromatic carbocycles. The van der Waals surface area contributed by atoms with Crippen molar-refractivity contribution in [2.75, 3.05) is 6.61 Å². The van der Waals surface area contributed by atoms with Crippen molar-refractivity contribution in [3.8, 4) is 11.5 Å². The summed E-state index contributed by atoms with van der Waals surface area (Å²) in [6, 6.07) is 22.8. The van der Waals surface area contributed by atoms with Gasteiger partial charge >= 0.3 is 0 Å². The molecule has 0 spiro atoms. The summed E-state index contributed by atoms with van der Waals surface area (Å²) in [5.41, 5.74) is -0.803. The second-order valence-electron chi connectivity index (χ2n) is 7.74. The van der Waals surface area contributed by atoms with Crippen molar-refractivity contribution in [3.63, 3.8) is 0 Å². The smallest absolute Gasteiger partial charge is 0.196 e. The summed E-state index contributed by atoms with van der Waals surface area (Å²) < 4.78 is 13.1. The number of ether oxygens (including phenoxy) is 2. The van der Waals surface area contributed by atoms with Gasteiger partial charge in [0.25, 0.3) is 0 Å². The van der Waals surface area contributed by atoms with Gasteiger partial charge in [0.1, 0.15) is 11.5 Å². The first kappa shape index (κ1) is 19.3. The second-order valence-corrected chi connectivity index (χ2v) is 8.65. The third-order valence-corrected chi connectivity index (χ3v) is 6.75. The van der Waals surface area contributed by atoms with Crippen molar-refractivity contribution >= 4 is 21.7 Å². The van der Waals surface area contributed by atoms with Crippen molar-refractivity contribution < 1.29 is 19.4 Å². The Morgan fingerprint density at radius 3 is 2.53 bits per heavy atom.